The average molecular weight is 448 g/mol. The fourth-order valence-electron chi connectivity index (χ4n) is 2.38. The highest BCUT2D eigenvalue weighted by Gasteiger charge is 2.13. The molecule has 2 aromatic carbocycles. The highest BCUT2D eigenvalue weighted by atomic mass is 32.2. The predicted octanol–water partition coefficient (Wildman–Crippen LogP) is 3.02. The number of halogens is 1. The summed E-state index contributed by atoms with van der Waals surface area (Å²) in [5, 5.41) is 11.1. The van der Waals surface area contributed by atoms with Crippen molar-refractivity contribution in [2.24, 2.45) is 0 Å². The number of benzene rings is 2. The van der Waals surface area contributed by atoms with Crippen LogP contribution in [0.25, 0.3) is 0 Å². The second kappa shape index (κ2) is 10.9. The maximum Gasteiger partial charge on any atom is 0.230 e. The maximum absolute atomic E-state index is 13.6. The van der Waals surface area contributed by atoms with Gasteiger partial charge in [-0.1, -0.05) is 41.6 Å². The summed E-state index contributed by atoms with van der Waals surface area (Å²) in [5.41, 5.74) is 1.22. The highest BCUT2D eigenvalue weighted by molar-refractivity contribution is 7.99. The van der Waals surface area contributed by atoms with Gasteiger partial charge in [-0.05, 0) is 31.2 Å². The largest absolute Gasteiger partial charge is 0.482 e. The summed E-state index contributed by atoms with van der Waals surface area (Å²) in [6.45, 7) is 2.58. The lowest BCUT2D eigenvalue weighted by Gasteiger charge is -2.07. The third-order valence-electron chi connectivity index (χ3n) is 3.97. The fraction of sp³-hybridized carbons (Fsp3) is 0.250. The summed E-state index contributed by atoms with van der Waals surface area (Å²) < 4.78 is 20.2. The number of thioether (sulfide) groups is 2. The van der Waals surface area contributed by atoms with E-state index in [1.807, 2.05) is 6.92 Å². The van der Waals surface area contributed by atoms with Gasteiger partial charge in [0.1, 0.15) is 6.61 Å². The van der Waals surface area contributed by atoms with Crippen molar-refractivity contribution in [3.8, 4) is 5.75 Å². The molecule has 3 rings (SSSR count). The minimum atomic E-state index is -0.465. The zero-order valence-electron chi connectivity index (χ0n) is 16.4. The molecule has 0 aliphatic carbocycles. The topological polar surface area (TPSA) is 95.1 Å². The Morgan fingerprint density at radius 1 is 1.17 bits per heavy atom. The Hall–Kier alpha value is -2.72. The Morgan fingerprint density at radius 2 is 1.93 bits per heavy atom. The summed E-state index contributed by atoms with van der Waals surface area (Å²) in [6.07, 6.45) is 0. The molecule has 0 saturated carbocycles. The minimum absolute atomic E-state index is 0.0343. The van der Waals surface area contributed by atoms with Gasteiger partial charge in [-0.3, -0.25) is 4.79 Å². The van der Waals surface area contributed by atoms with Crippen LogP contribution in [0.4, 0.5) is 4.39 Å². The first-order valence-corrected chi connectivity index (χ1v) is 11.2. The number of aryl methyl sites for hydroxylation is 1. The van der Waals surface area contributed by atoms with E-state index in [4.69, 9.17) is 10.6 Å². The molecule has 1 heterocycles. The normalized spacial score (nSPS) is 10.7. The van der Waals surface area contributed by atoms with Gasteiger partial charge in [0.05, 0.1) is 5.75 Å². The van der Waals surface area contributed by atoms with Crippen molar-refractivity contribution in [2.45, 2.75) is 23.6 Å². The van der Waals surface area contributed by atoms with E-state index < -0.39 is 5.82 Å². The third-order valence-corrected chi connectivity index (χ3v) is 5.93. The number of hydrogen-bond donors (Lipinski definition) is 2. The molecule has 0 radical (unpaired) electrons. The molecule has 0 bridgehead atoms. The summed E-state index contributed by atoms with van der Waals surface area (Å²) in [5.74, 6) is 6.76. The van der Waals surface area contributed by atoms with Crippen LogP contribution in [0.3, 0.4) is 0 Å². The van der Waals surface area contributed by atoms with Crippen LogP contribution in [0.2, 0.25) is 0 Å². The van der Waals surface area contributed by atoms with E-state index in [9.17, 15) is 9.18 Å². The van der Waals surface area contributed by atoms with Crippen molar-refractivity contribution in [3.05, 3.63) is 65.7 Å². The molecule has 0 saturated heterocycles. The Kier molecular flexibility index (Phi) is 7.97. The van der Waals surface area contributed by atoms with Gasteiger partial charge in [-0.2, -0.15) is 0 Å². The third kappa shape index (κ3) is 6.39. The second-order valence-electron chi connectivity index (χ2n) is 6.29. The summed E-state index contributed by atoms with van der Waals surface area (Å²) in [6, 6.07) is 14.3. The van der Waals surface area contributed by atoms with E-state index in [2.05, 4.69) is 39.8 Å². The zero-order chi connectivity index (χ0) is 21.3. The van der Waals surface area contributed by atoms with Crippen molar-refractivity contribution in [3.63, 3.8) is 0 Å². The van der Waals surface area contributed by atoms with E-state index in [1.54, 1.807) is 23.9 Å². The molecule has 0 aliphatic rings. The fourth-order valence-corrected chi connectivity index (χ4v) is 3.86. The van der Waals surface area contributed by atoms with E-state index in [0.29, 0.717) is 17.5 Å². The number of carbonyl (C=O) groups is 1. The number of carbonyl (C=O) groups excluding carboxylic acids is 1. The standard InChI is InChI=1S/C20H22FN5O2S2/c1-14-6-8-15(9-7-14)29-11-10-23-19(27)13-30-20-25-24-18(26(20)22)12-28-17-5-3-2-4-16(17)21/h2-9H,10-13,22H2,1H3,(H,23,27). The van der Waals surface area contributed by atoms with Gasteiger partial charge < -0.3 is 15.9 Å². The summed E-state index contributed by atoms with van der Waals surface area (Å²) in [7, 11) is 0. The number of hydrogen-bond acceptors (Lipinski definition) is 7. The first-order chi connectivity index (χ1) is 14.5. The Balaban J connectivity index is 1.38. The van der Waals surface area contributed by atoms with E-state index in [1.165, 1.54) is 39.0 Å². The number of para-hydroxylation sites is 1. The minimum Gasteiger partial charge on any atom is -0.482 e. The van der Waals surface area contributed by atoms with Crippen molar-refractivity contribution >= 4 is 29.4 Å². The Morgan fingerprint density at radius 3 is 2.70 bits per heavy atom. The molecule has 1 aromatic heterocycles. The van der Waals surface area contributed by atoms with Crippen molar-refractivity contribution in [2.75, 3.05) is 23.9 Å². The van der Waals surface area contributed by atoms with E-state index in [-0.39, 0.29) is 24.0 Å². The van der Waals surface area contributed by atoms with E-state index >= 15 is 0 Å². The van der Waals surface area contributed by atoms with Crippen molar-refractivity contribution in [1.29, 1.82) is 0 Å². The maximum atomic E-state index is 13.6. The molecule has 3 aromatic rings. The zero-order valence-corrected chi connectivity index (χ0v) is 18.0. The van der Waals surface area contributed by atoms with Crippen LogP contribution in [0, 0.1) is 12.7 Å². The van der Waals surface area contributed by atoms with Crippen LogP contribution in [0.5, 0.6) is 5.75 Å². The summed E-state index contributed by atoms with van der Waals surface area (Å²) >= 11 is 2.86. The van der Waals surface area contributed by atoms with Gasteiger partial charge in [-0.15, -0.1) is 22.0 Å². The molecule has 3 N–H and O–H groups in total. The molecule has 0 atom stereocenters. The lowest BCUT2D eigenvalue weighted by molar-refractivity contribution is -0.118. The highest BCUT2D eigenvalue weighted by Crippen LogP contribution is 2.19. The number of nitrogens with one attached hydrogen (secondary N) is 1. The van der Waals surface area contributed by atoms with Gasteiger partial charge in [0.15, 0.2) is 17.4 Å². The van der Waals surface area contributed by atoms with Gasteiger partial charge in [0.2, 0.25) is 11.1 Å². The molecule has 158 valence electrons. The Labute approximate surface area is 182 Å². The number of aromatic nitrogens is 3. The van der Waals surface area contributed by atoms with E-state index in [0.717, 1.165) is 5.75 Å². The molecule has 0 unspecified atom stereocenters. The number of nitrogen functional groups attached to an aromatic ring is 1. The van der Waals surface area contributed by atoms with Crippen LogP contribution in [0.15, 0.2) is 58.6 Å². The summed E-state index contributed by atoms with van der Waals surface area (Å²) in [4.78, 5) is 13.2. The smallest absolute Gasteiger partial charge is 0.230 e. The van der Waals surface area contributed by atoms with Gasteiger partial charge in [0.25, 0.3) is 0 Å². The van der Waals surface area contributed by atoms with Crippen LogP contribution >= 0.6 is 23.5 Å². The second-order valence-corrected chi connectivity index (χ2v) is 8.40. The first-order valence-electron chi connectivity index (χ1n) is 9.18. The predicted molar refractivity (Wildman–Crippen MR) is 117 cm³/mol. The number of rotatable bonds is 10. The number of nitrogens with zero attached hydrogens (tertiary/aromatic N) is 3. The number of ether oxygens (including phenoxy) is 1. The number of nitrogens with two attached hydrogens (primary N) is 1. The monoisotopic (exact) mass is 447 g/mol. The lowest BCUT2D eigenvalue weighted by Crippen LogP contribution is -2.27. The molecular weight excluding hydrogens is 425 g/mol. The van der Waals surface area contributed by atoms with Crippen molar-refractivity contribution in [1.82, 2.24) is 20.2 Å². The van der Waals surface area contributed by atoms with Crippen LogP contribution < -0.4 is 15.9 Å². The lowest BCUT2D eigenvalue weighted by atomic mass is 10.2. The van der Waals surface area contributed by atoms with Gasteiger partial charge in [-0.25, -0.2) is 9.07 Å². The Bertz CT molecular complexity index is 982. The number of amides is 1. The molecule has 0 spiro atoms. The quantitative estimate of drug-likeness (QED) is 0.280. The molecule has 0 fully saturated rings. The first kappa shape index (κ1) is 22.0. The van der Waals surface area contributed by atoms with Crippen LogP contribution in [0.1, 0.15) is 11.4 Å². The van der Waals surface area contributed by atoms with Gasteiger partial charge in [0, 0.05) is 17.2 Å². The SMILES string of the molecule is Cc1ccc(SCCNC(=O)CSc2nnc(COc3ccccc3F)n2N)cc1. The van der Waals surface area contributed by atoms with Crippen molar-refractivity contribution < 1.29 is 13.9 Å². The molecule has 30 heavy (non-hydrogen) atoms. The average Bonchev–Trinajstić information content (AvgIpc) is 3.10. The van der Waals surface area contributed by atoms with Gasteiger partial charge >= 0.3 is 0 Å². The van der Waals surface area contributed by atoms with Crippen LogP contribution in [-0.4, -0.2) is 38.8 Å². The molecule has 10 heteroatoms. The molecule has 0 aliphatic heterocycles. The van der Waals surface area contributed by atoms with Crippen LogP contribution in [-0.2, 0) is 11.4 Å². The molecule has 1 amide bonds. The molecular formula is C20H22FN5O2S2. The molecule has 7 nitrogen and oxygen atoms in total.